The van der Waals surface area contributed by atoms with Gasteiger partial charge in [0.2, 0.25) is 5.91 Å². The Bertz CT molecular complexity index is 728. The minimum Gasteiger partial charge on any atom is -0.478 e. The van der Waals surface area contributed by atoms with Crippen molar-refractivity contribution in [2.24, 2.45) is 0 Å². The summed E-state index contributed by atoms with van der Waals surface area (Å²) in [5, 5.41) is 11.8. The smallest absolute Gasteiger partial charge is 0.335 e. The molecule has 120 valence electrons. The normalized spacial score (nSPS) is 10.3. The largest absolute Gasteiger partial charge is 0.478 e. The summed E-state index contributed by atoms with van der Waals surface area (Å²) in [7, 11) is 0. The zero-order valence-corrected chi connectivity index (χ0v) is 13.8. The molecule has 0 saturated heterocycles. The van der Waals surface area contributed by atoms with Gasteiger partial charge in [-0.1, -0.05) is 24.3 Å². The predicted octanol–water partition coefficient (Wildman–Crippen LogP) is 3.69. The van der Waals surface area contributed by atoms with Gasteiger partial charge in [0.25, 0.3) is 0 Å². The summed E-state index contributed by atoms with van der Waals surface area (Å²) in [5.41, 5.74) is 3.83. The number of nitrogens with one attached hydrogen (secondary N) is 1. The fraction of sp³-hybridized carbons (Fsp3) is 0.222. The Morgan fingerprint density at radius 3 is 2.43 bits per heavy atom. The molecule has 0 unspecified atom stereocenters. The number of thiol groups is 1. The van der Waals surface area contributed by atoms with Crippen LogP contribution in [0.3, 0.4) is 0 Å². The minimum absolute atomic E-state index is 0.0925. The minimum atomic E-state index is -0.977. The van der Waals surface area contributed by atoms with E-state index in [4.69, 9.17) is 5.11 Å². The number of hydrogen-bond donors (Lipinski definition) is 3. The molecule has 0 radical (unpaired) electrons. The first-order valence-electron chi connectivity index (χ1n) is 7.32. The van der Waals surface area contributed by atoms with Gasteiger partial charge in [-0.2, -0.15) is 12.6 Å². The Balaban J connectivity index is 1.98. The van der Waals surface area contributed by atoms with E-state index in [9.17, 15) is 9.59 Å². The number of carboxylic acids is 1. The molecule has 2 rings (SSSR count). The van der Waals surface area contributed by atoms with E-state index >= 15 is 0 Å². The molecule has 2 N–H and O–H groups in total. The van der Waals surface area contributed by atoms with Gasteiger partial charge in [0.15, 0.2) is 0 Å². The van der Waals surface area contributed by atoms with Crippen molar-refractivity contribution in [3.63, 3.8) is 0 Å². The Morgan fingerprint density at radius 1 is 1.13 bits per heavy atom. The van der Waals surface area contributed by atoms with E-state index < -0.39 is 5.97 Å². The molecule has 2 aromatic carbocycles. The van der Waals surface area contributed by atoms with Crippen molar-refractivity contribution < 1.29 is 14.7 Å². The molecule has 0 fully saturated rings. The third-order valence-electron chi connectivity index (χ3n) is 3.66. The number of rotatable bonds is 6. The Morgan fingerprint density at radius 2 is 1.83 bits per heavy atom. The topological polar surface area (TPSA) is 66.4 Å². The molecule has 0 aromatic heterocycles. The number of aryl methyl sites for hydroxylation is 2. The first-order chi connectivity index (χ1) is 11.0. The van der Waals surface area contributed by atoms with Crippen LogP contribution in [-0.4, -0.2) is 17.0 Å². The molecular formula is C18H19NO3S. The van der Waals surface area contributed by atoms with Crippen LogP contribution in [0.5, 0.6) is 0 Å². The maximum atomic E-state index is 12.1. The number of anilines is 1. The van der Waals surface area contributed by atoms with Crippen LogP contribution >= 0.6 is 12.6 Å². The molecule has 0 bridgehead atoms. The number of carboxylic acid groups (broad SMARTS) is 1. The van der Waals surface area contributed by atoms with Crippen molar-refractivity contribution in [2.75, 3.05) is 5.32 Å². The van der Waals surface area contributed by atoms with Crippen molar-refractivity contribution in [1.82, 2.24) is 0 Å². The lowest BCUT2D eigenvalue weighted by atomic mass is 10.0. The van der Waals surface area contributed by atoms with E-state index in [1.807, 2.05) is 24.3 Å². The van der Waals surface area contributed by atoms with Crippen molar-refractivity contribution in [3.8, 4) is 0 Å². The van der Waals surface area contributed by atoms with Crippen LogP contribution in [0, 0.1) is 6.92 Å². The third kappa shape index (κ3) is 4.60. The fourth-order valence-electron chi connectivity index (χ4n) is 2.35. The predicted molar refractivity (Wildman–Crippen MR) is 94.2 cm³/mol. The fourth-order valence-corrected chi connectivity index (χ4v) is 2.66. The highest BCUT2D eigenvalue weighted by molar-refractivity contribution is 7.79. The van der Waals surface area contributed by atoms with Gasteiger partial charge in [0, 0.05) is 17.9 Å². The van der Waals surface area contributed by atoms with Crippen LogP contribution in [0.1, 0.15) is 33.5 Å². The highest BCUT2D eigenvalue weighted by atomic mass is 32.1. The molecule has 1 amide bonds. The van der Waals surface area contributed by atoms with Gasteiger partial charge < -0.3 is 10.4 Å². The molecule has 5 heteroatoms. The Labute approximate surface area is 141 Å². The van der Waals surface area contributed by atoms with Crippen molar-refractivity contribution in [1.29, 1.82) is 0 Å². The van der Waals surface area contributed by atoms with E-state index in [0.717, 1.165) is 16.7 Å². The summed E-state index contributed by atoms with van der Waals surface area (Å²) in [4.78, 5) is 23.0. The molecule has 23 heavy (non-hydrogen) atoms. The van der Waals surface area contributed by atoms with Crippen LogP contribution < -0.4 is 5.32 Å². The number of aromatic carboxylic acids is 1. The standard InChI is InChI=1S/C18H19NO3S/c1-12-10-14(18(21)22)6-8-16(12)19-17(20)9-7-13-4-2-3-5-15(13)11-23/h2-6,8,10,23H,7,9,11H2,1H3,(H,19,20)(H,21,22). The molecule has 0 saturated carbocycles. The SMILES string of the molecule is Cc1cc(C(=O)O)ccc1NC(=O)CCc1ccccc1CS. The van der Waals surface area contributed by atoms with Gasteiger partial charge in [0.05, 0.1) is 5.56 Å². The number of amides is 1. The first kappa shape index (κ1) is 17.1. The number of carbonyl (C=O) groups is 2. The van der Waals surface area contributed by atoms with Gasteiger partial charge in [-0.15, -0.1) is 0 Å². The highest BCUT2D eigenvalue weighted by Gasteiger charge is 2.09. The molecule has 0 aliphatic rings. The van der Waals surface area contributed by atoms with Crippen LogP contribution in [0.15, 0.2) is 42.5 Å². The van der Waals surface area contributed by atoms with Gasteiger partial charge in [-0.25, -0.2) is 4.79 Å². The second kappa shape index (κ2) is 7.83. The summed E-state index contributed by atoms with van der Waals surface area (Å²) < 4.78 is 0. The number of carbonyl (C=O) groups excluding carboxylic acids is 1. The van der Waals surface area contributed by atoms with E-state index in [-0.39, 0.29) is 11.5 Å². The van der Waals surface area contributed by atoms with Crippen LogP contribution in [0.25, 0.3) is 0 Å². The second-order valence-corrected chi connectivity index (χ2v) is 5.63. The van der Waals surface area contributed by atoms with Gasteiger partial charge >= 0.3 is 5.97 Å². The third-order valence-corrected chi connectivity index (χ3v) is 4.00. The maximum Gasteiger partial charge on any atom is 0.335 e. The molecule has 0 aliphatic carbocycles. The molecule has 0 heterocycles. The van der Waals surface area contributed by atoms with E-state index in [1.54, 1.807) is 19.1 Å². The van der Waals surface area contributed by atoms with E-state index in [1.165, 1.54) is 6.07 Å². The lowest BCUT2D eigenvalue weighted by molar-refractivity contribution is -0.116. The second-order valence-electron chi connectivity index (χ2n) is 5.31. The molecule has 4 nitrogen and oxygen atoms in total. The van der Waals surface area contributed by atoms with E-state index in [0.29, 0.717) is 24.3 Å². The van der Waals surface area contributed by atoms with Gasteiger partial charge in [0.1, 0.15) is 0 Å². The van der Waals surface area contributed by atoms with Gasteiger partial charge in [-0.3, -0.25) is 4.79 Å². The van der Waals surface area contributed by atoms with Crippen LogP contribution in [0.2, 0.25) is 0 Å². The molecule has 0 aliphatic heterocycles. The van der Waals surface area contributed by atoms with Crippen molar-refractivity contribution in [3.05, 3.63) is 64.7 Å². The van der Waals surface area contributed by atoms with Crippen LogP contribution in [0.4, 0.5) is 5.69 Å². The highest BCUT2D eigenvalue weighted by Crippen LogP contribution is 2.18. The summed E-state index contributed by atoms with van der Waals surface area (Å²) in [6.45, 7) is 1.78. The molecule has 0 atom stereocenters. The summed E-state index contributed by atoms with van der Waals surface area (Å²) in [5.74, 6) is -0.424. The zero-order valence-electron chi connectivity index (χ0n) is 12.9. The number of hydrogen-bond acceptors (Lipinski definition) is 3. The molecular weight excluding hydrogens is 310 g/mol. The molecule has 0 spiro atoms. The average Bonchev–Trinajstić information content (AvgIpc) is 2.54. The Kier molecular flexibility index (Phi) is 5.82. The summed E-state index contributed by atoms with van der Waals surface area (Å²) in [6, 6.07) is 12.6. The number of benzene rings is 2. The summed E-state index contributed by atoms with van der Waals surface area (Å²) >= 11 is 4.30. The first-order valence-corrected chi connectivity index (χ1v) is 7.96. The lowest BCUT2D eigenvalue weighted by Gasteiger charge is -2.10. The van der Waals surface area contributed by atoms with Gasteiger partial charge in [-0.05, 0) is 48.2 Å². The maximum absolute atomic E-state index is 12.1. The van der Waals surface area contributed by atoms with Crippen molar-refractivity contribution >= 4 is 30.2 Å². The monoisotopic (exact) mass is 329 g/mol. The molecule has 2 aromatic rings. The lowest BCUT2D eigenvalue weighted by Crippen LogP contribution is -2.14. The zero-order chi connectivity index (χ0) is 16.8. The van der Waals surface area contributed by atoms with Crippen LogP contribution in [-0.2, 0) is 17.0 Å². The van der Waals surface area contributed by atoms with E-state index in [2.05, 4.69) is 17.9 Å². The quantitative estimate of drug-likeness (QED) is 0.708. The summed E-state index contributed by atoms with van der Waals surface area (Å²) in [6.07, 6.45) is 1.01. The van der Waals surface area contributed by atoms with Crippen molar-refractivity contribution in [2.45, 2.75) is 25.5 Å². The Hall–Kier alpha value is -2.27. The average molecular weight is 329 g/mol.